The Bertz CT molecular complexity index is 972. The van der Waals surface area contributed by atoms with Crippen molar-refractivity contribution < 1.29 is 18.1 Å². The molecule has 3 saturated heterocycles. The molecule has 184 valence electrons. The lowest BCUT2D eigenvalue weighted by Crippen LogP contribution is -2.41. The van der Waals surface area contributed by atoms with E-state index < -0.39 is 18.3 Å². The average Bonchev–Trinajstić information content (AvgIpc) is 3.49. The molecule has 5 rings (SSSR count). The standard InChI is InChI=1S/C16H23BFNO2.C10H11BrFN/c1-15(2)16(3,4)21-17(20-15)12-9-13(18)11-14(10-12)19-7-5-6-8-19;11-8-5-9(12)7-10(6-8)13-3-1-2-4-13/h9-11H,5-8H2,1-4H3;5-7H,1-4H2. The number of rotatable bonds is 3. The van der Waals surface area contributed by atoms with E-state index in [1.807, 2.05) is 39.8 Å². The molecule has 3 aliphatic heterocycles. The molecule has 0 radical (unpaired) electrons. The fraction of sp³-hybridized carbons (Fsp3) is 0.538. The minimum absolute atomic E-state index is 0.170. The highest BCUT2D eigenvalue weighted by atomic mass is 79.9. The molecule has 3 aliphatic rings. The summed E-state index contributed by atoms with van der Waals surface area (Å²) in [6.07, 6.45) is 4.77. The van der Waals surface area contributed by atoms with Crippen LogP contribution in [-0.4, -0.2) is 44.5 Å². The van der Waals surface area contributed by atoms with E-state index in [2.05, 4.69) is 25.7 Å². The Morgan fingerprint density at radius 3 is 1.62 bits per heavy atom. The van der Waals surface area contributed by atoms with Gasteiger partial charge in [-0.25, -0.2) is 8.78 Å². The predicted molar refractivity (Wildman–Crippen MR) is 139 cm³/mol. The van der Waals surface area contributed by atoms with Crippen molar-refractivity contribution in [3.63, 3.8) is 0 Å². The maximum Gasteiger partial charge on any atom is 0.495 e. The summed E-state index contributed by atoms with van der Waals surface area (Å²) >= 11 is 3.29. The maximum atomic E-state index is 14.0. The van der Waals surface area contributed by atoms with Gasteiger partial charge in [-0.3, -0.25) is 0 Å². The highest BCUT2D eigenvalue weighted by Crippen LogP contribution is 2.37. The van der Waals surface area contributed by atoms with E-state index in [1.165, 1.54) is 37.8 Å². The van der Waals surface area contributed by atoms with Crippen molar-refractivity contribution in [3.05, 3.63) is 52.5 Å². The largest absolute Gasteiger partial charge is 0.495 e. The fourth-order valence-electron chi connectivity index (χ4n) is 4.57. The van der Waals surface area contributed by atoms with Crippen molar-refractivity contribution in [3.8, 4) is 0 Å². The lowest BCUT2D eigenvalue weighted by atomic mass is 9.79. The molecule has 0 spiro atoms. The molecule has 0 amide bonds. The van der Waals surface area contributed by atoms with Crippen molar-refractivity contribution in [2.45, 2.75) is 64.6 Å². The molecule has 0 saturated carbocycles. The molecular formula is C26H34BBrF2N2O2. The van der Waals surface area contributed by atoms with Crippen molar-refractivity contribution >= 4 is 39.9 Å². The third-order valence-electron chi connectivity index (χ3n) is 7.22. The van der Waals surface area contributed by atoms with Gasteiger partial charge in [0, 0.05) is 42.0 Å². The predicted octanol–water partition coefficient (Wildman–Crippen LogP) is 5.91. The Morgan fingerprint density at radius 1 is 0.706 bits per heavy atom. The molecule has 0 bridgehead atoms. The van der Waals surface area contributed by atoms with Crippen LogP contribution in [0.4, 0.5) is 20.2 Å². The highest BCUT2D eigenvalue weighted by molar-refractivity contribution is 9.10. The van der Waals surface area contributed by atoms with Gasteiger partial charge in [-0.05, 0) is 95.2 Å². The second-order valence-electron chi connectivity index (χ2n) is 10.3. The second-order valence-corrected chi connectivity index (χ2v) is 11.3. The topological polar surface area (TPSA) is 24.9 Å². The molecule has 4 nitrogen and oxygen atoms in total. The average molecular weight is 535 g/mol. The van der Waals surface area contributed by atoms with Crippen molar-refractivity contribution in [1.29, 1.82) is 0 Å². The van der Waals surface area contributed by atoms with E-state index in [0.29, 0.717) is 0 Å². The minimum atomic E-state index is -0.507. The highest BCUT2D eigenvalue weighted by Gasteiger charge is 2.51. The summed E-state index contributed by atoms with van der Waals surface area (Å²) in [6.45, 7) is 12.1. The molecule has 0 atom stereocenters. The molecule has 0 aromatic heterocycles. The molecular weight excluding hydrogens is 501 g/mol. The summed E-state index contributed by atoms with van der Waals surface area (Å²) in [5, 5.41) is 0. The lowest BCUT2D eigenvalue weighted by molar-refractivity contribution is 0.00578. The summed E-state index contributed by atoms with van der Waals surface area (Å²) in [4.78, 5) is 4.44. The minimum Gasteiger partial charge on any atom is -0.399 e. The normalized spacial score (nSPS) is 21.1. The Labute approximate surface area is 210 Å². The van der Waals surface area contributed by atoms with Gasteiger partial charge in [-0.15, -0.1) is 0 Å². The summed E-state index contributed by atoms with van der Waals surface area (Å²) in [6, 6.07) is 10.2. The number of hydrogen-bond acceptors (Lipinski definition) is 4. The quantitative estimate of drug-likeness (QED) is 0.457. The van der Waals surface area contributed by atoms with Crippen LogP contribution in [0.1, 0.15) is 53.4 Å². The summed E-state index contributed by atoms with van der Waals surface area (Å²) in [5.74, 6) is -0.402. The van der Waals surface area contributed by atoms with Crippen molar-refractivity contribution in [2.24, 2.45) is 0 Å². The smallest absolute Gasteiger partial charge is 0.399 e. The van der Waals surface area contributed by atoms with Gasteiger partial charge < -0.3 is 19.1 Å². The van der Waals surface area contributed by atoms with Gasteiger partial charge in [0.2, 0.25) is 0 Å². The fourth-order valence-corrected chi connectivity index (χ4v) is 5.02. The monoisotopic (exact) mass is 534 g/mol. The van der Waals surface area contributed by atoms with Gasteiger partial charge in [-0.2, -0.15) is 0 Å². The van der Waals surface area contributed by atoms with E-state index in [0.717, 1.165) is 47.5 Å². The van der Waals surface area contributed by atoms with Gasteiger partial charge in [-0.1, -0.05) is 15.9 Å². The summed E-state index contributed by atoms with van der Waals surface area (Å²) in [5.41, 5.74) is 1.87. The Morgan fingerprint density at radius 2 is 1.15 bits per heavy atom. The summed E-state index contributed by atoms with van der Waals surface area (Å²) < 4.78 is 39.9. The van der Waals surface area contributed by atoms with Gasteiger partial charge in [0.1, 0.15) is 11.6 Å². The Hall–Kier alpha value is -1.64. The first-order valence-electron chi connectivity index (χ1n) is 12.2. The van der Waals surface area contributed by atoms with Crippen LogP contribution in [0.2, 0.25) is 0 Å². The molecule has 0 unspecified atom stereocenters. The Balaban J connectivity index is 0.000000180. The van der Waals surface area contributed by atoms with Gasteiger partial charge in [0.15, 0.2) is 0 Å². The van der Waals surface area contributed by atoms with Crippen molar-refractivity contribution in [2.75, 3.05) is 36.0 Å². The van der Waals surface area contributed by atoms with E-state index in [-0.39, 0.29) is 11.6 Å². The molecule has 3 fully saturated rings. The molecule has 2 aromatic rings. The van der Waals surface area contributed by atoms with Crippen LogP contribution in [0.15, 0.2) is 40.9 Å². The third kappa shape index (κ3) is 5.77. The SMILES string of the molecule is CC1(C)OB(c2cc(F)cc(N3CCCC3)c2)OC1(C)C.Fc1cc(Br)cc(N2CCCC2)c1. The molecule has 2 aromatic carbocycles. The Kier molecular flexibility index (Phi) is 7.60. The third-order valence-corrected chi connectivity index (χ3v) is 7.68. The van der Waals surface area contributed by atoms with Crippen LogP contribution in [-0.2, 0) is 9.31 Å². The van der Waals surface area contributed by atoms with Crippen molar-refractivity contribution in [1.82, 2.24) is 0 Å². The van der Waals surface area contributed by atoms with Crippen LogP contribution < -0.4 is 15.3 Å². The van der Waals surface area contributed by atoms with Crippen LogP contribution in [0.25, 0.3) is 0 Å². The number of nitrogens with zero attached hydrogens (tertiary/aromatic N) is 2. The zero-order chi connectivity index (χ0) is 24.5. The van der Waals surface area contributed by atoms with E-state index in [4.69, 9.17) is 9.31 Å². The van der Waals surface area contributed by atoms with Crippen LogP contribution >= 0.6 is 15.9 Å². The summed E-state index contributed by atoms with van der Waals surface area (Å²) in [7, 11) is -0.507. The number of halogens is 3. The van der Waals surface area contributed by atoms with E-state index >= 15 is 0 Å². The van der Waals surface area contributed by atoms with Gasteiger partial charge >= 0.3 is 7.12 Å². The zero-order valence-corrected chi connectivity index (χ0v) is 22.1. The van der Waals surface area contributed by atoms with Crippen LogP contribution in [0.3, 0.4) is 0 Å². The molecule has 34 heavy (non-hydrogen) atoms. The zero-order valence-electron chi connectivity index (χ0n) is 20.5. The molecule has 8 heteroatoms. The first kappa shape index (κ1) is 25.5. The maximum absolute atomic E-state index is 14.0. The molecule has 3 heterocycles. The van der Waals surface area contributed by atoms with Crippen LogP contribution in [0, 0.1) is 11.6 Å². The van der Waals surface area contributed by atoms with Gasteiger partial charge in [0.05, 0.1) is 11.2 Å². The molecule has 0 N–H and O–H groups in total. The second kappa shape index (κ2) is 10.2. The lowest BCUT2D eigenvalue weighted by Gasteiger charge is -2.32. The number of anilines is 2. The number of benzene rings is 2. The van der Waals surface area contributed by atoms with E-state index in [9.17, 15) is 8.78 Å². The first-order chi connectivity index (χ1) is 16.0. The molecule has 0 aliphatic carbocycles. The van der Waals surface area contributed by atoms with Gasteiger partial charge in [0.25, 0.3) is 0 Å². The first-order valence-corrected chi connectivity index (χ1v) is 13.0. The van der Waals surface area contributed by atoms with E-state index in [1.54, 1.807) is 12.1 Å². The number of hydrogen-bond donors (Lipinski definition) is 0. The van der Waals surface area contributed by atoms with Crippen LogP contribution in [0.5, 0.6) is 0 Å².